The van der Waals surface area contributed by atoms with Crippen molar-refractivity contribution in [1.82, 2.24) is 4.90 Å². The summed E-state index contributed by atoms with van der Waals surface area (Å²) < 4.78 is 17.6. The van der Waals surface area contributed by atoms with E-state index >= 15 is 0 Å². The Kier molecular flexibility index (Phi) is 5.17. The van der Waals surface area contributed by atoms with Gasteiger partial charge in [0.05, 0.1) is 24.9 Å². The van der Waals surface area contributed by atoms with Crippen LogP contribution < -0.4 is 4.74 Å². The summed E-state index contributed by atoms with van der Waals surface area (Å²) in [6.07, 6.45) is 6.60. The molecule has 0 unspecified atom stereocenters. The number of aryl methyl sites for hydroxylation is 1. The zero-order valence-corrected chi connectivity index (χ0v) is 16.7. The molecule has 5 heteroatoms. The van der Waals surface area contributed by atoms with E-state index in [1.54, 1.807) is 14.2 Å². The average Bonchev–Trinajstić information content (AvgIpc) is 3.45. The fourth-order valence-electron chi connectivity index (χ4n) is 4.73. The molecule has 1 amide bonds. The first-order chi connectivity index (χ1) is 13.1. The minimum Gasteiger partial charge on any atom is -0.496 e. The molecule has 3 fully saturated rings. The topological polar surface area (TPSA) is 48.0 Å². The van der Waals surface area contributed by atoms with Gasteiger partial charge in [0.1, 0.15) is 5.75 Å². The summed E-state index contributed by atoms with van der Waals surface area (Å²) in [7, 11) is 3.44. The van der Waals surface area contributed by atoms with Crippen LogP contribution in [0.5, 0.6) is 5.75 Å². The Balaban J connectivity index is 1.52. The highest BCUT2D eigenvalue weighted by Crippen LogP contribution is 2.44. The lowest BCUT2D eigenvalue weighted by molar-refractivity contribution is -0.0977. The van der Waals surface area contributed by atoms with E-state index in [4.69, 9.17) is 14.2 Å². The summed E-state index contributed by atoms with van der Waals surface area (Å²) in [5, 5.41) is 0. The fraction of sp³-hybridized carbons (Fsp3) is 0.682. The third-order valence-electron chi connectivity index (χ3n) is 6.72. The summed E-state index contributed by atoms with van der Waals surface area (Å²) in [6.45, 7) is 3.60. The molecule has 1 aliphatic heterocycles. The van der Waals surface area contributed by atoms with Gasteiger partial charge in [0.2, 0.25) is 0 Å². The number of methoxy groups -OCH3 is 2. The van der Waals surface area contributed by atoms with Crippen LogP contribution in [0.25, 0.3) is 0 Å². The maximum atomic E-state index is 13.3. The Hall–Kier alpha value is -1.59. The third-order valence-corrected chi connectivity index (χ3v) is 6.72. The van der Waals surface area contributed by atoms with E-state index in [2.05, 4.69) is 0 Å². The zero-order chi connectivity index (χ0) is 19.0. The number of carbonyl (C=O) groups is 1. The smallest absolute Gasteiger partial charge is 0.254 e. The SMILES string of the molecule is COc1cc(C(=O)N2CC[C@]3(OC)CC[C@H](OCC4CC4)C[C@H]23)ccc1C. The first-order valence-corrected chi connectivity index (χ1v) is 10.2. The van der Waals surface area contributed by atoms with Crippen molar-refractivity contribution < 1.29 is 19.0 Å². The summed E-state index contributed by atoms with van der Waals surface area (Å²) in [5.41, 5.74) is 1.50. The van der Waals surface area contributed by atoms with Crippen molar-refractivity contribution in [3.63, 3.8) is 0 Å². The van der Waals surface area contributed by atoms with Crippen molar-refractivity contribution in [3.05, 3.63) is 29.3 Å². The second-order valence-corrected chi connectivity index (χ2v) is 8.39. The molecule has 27 heavy (non-hydrogen) atoms. The lowest BCUT2D eigenvalue weighted by atomic mass is 9.79. The Bertz CT molecular complexity index is 702. The normalized spacial score (nSPS) is 30.3. The first-order valence-electron chi connectivity index (χ1n) is 10.2. The van der Waals surface area contributed by atoms with E-state index in [1.807, 2.05) is 30.0 Å². The van der Waals surface area contributed by atoms with E-state index in [0.717, 1.165) is 56.1 Å². The van der Waals surface area contributed by atoms with Crippen LogP contribution >= 0.6 is 0 Å². The molecule has 1 aromatic rings. The monoisotopic (exact) mass is 373 g/mol. The van der Waals surface area contributed by atoms with Crippen molar-refractivity contribution in [2.24, 2.45) is 5.92 Å². The van der Waals surface area contributed by atoms with Crippen LogP contribution in [0.15, 0.2) is 18.2 Å². The van der Waals surface area contributed by atoms with Gasteiger partial charge in [-0.15, -0.1) is 0 Å². The van der Waals surface area contributed by atoms with Gasteiger partial charge >= 0.3 is 0 Å². The lowest BCUT2D eigenvalue weighted by Gasteiger charge is -2.43. The van der Waals surface area contributed by atoms with E-state index in [1.165, 1.54) is 12.8 Å². The van der Waals surface area contributed by atoms with Gasteiger partial charge in [0, 0.05) is 25.8 Å². The van der Waals surface area contributed by atoms with Gasteiger partial charge in [0.25, 0.3) is 5.91 Å². The number of benzene rings is 1. The average molecular weight is 373 g/mol. The van der Waals surface area contributed by atoms with Gasteiger partial charge in [-0.05, 0) is 69.1 Å². The second-order valence-electron chi connectivity index (χ2n) is 8.39. The van der Waals surface area contributed by atoms with Crippen molar-refractivity contribution in [1.29, 1.82) is 0 Å². The Morgan fingerprint density at radius 2 is 2.04 bits per heavy atom. The van der Waals surface area contributed by atoms with E-state index < -0.39 is 0 Å². The van der Waals surface area contributed by atoms with Crippen LogP contribution in [0, 0.1) is 12.8 Å². The maximum Gasteiger partial charge on any atom is 0.254 e. The number of hydrogen-bond acceptors (Lipinski definition) is 4. The van der Waals surface area contributed by atoms with E-state index in [0.29, 0.717) is 5.56 Å². The number of carbonyl (C=O) groups excluding carboxylic acids is 1. The number of ether oxygens (including phenoxy) is 3. The lowest BCUT2D eigenvalue weighted by Crippen LogP contribution is -2.53. The Morgan fingerprint density at radius 1 is 1.22 bits per heavy atom. The van der Waals surface area contributed by atoms with Gasteiger partial charge in [0.15, 0.2) is 0 Å². The second kappa shape index (κ2) is 7.44. The first kappa shape index (κ1) is 18.8. The molecule has 0 bridgehead atoms. The molecule has 148 valence electrons. The van der Waals surface area contributed by atoms with Crippen molar-refractivity contribution in [2.75, 3.05) is 27.4 Å². The number of hydrogen-bond donors (Lipinski definition) is 0. The predicted octanol–water partition coefficient (Wildman–Crippen LogP) is 3.58. The Labute approximate surface area is 162 Å². The molecule has 5 nitrogen and oxygen atoms in total. The van der Waals surface area contributed by atoms with Crippen molar-refractivity contribution >= 4 is 5.91 Å². The highest BCUT2D eigenvalue weighted by Gasteiger charge is 2.53. The minimum atomic E-state index is -0.218. The number of amides is 1. The van der Waals surface area contributed by atoms with Crippen LogP contribution in [-0.2, 0) is 9.47 Å². The number of nitrogens with zero attached hydrogens (tertiary/aromatic N) is 1. The molecule has 0 radical (unpaired) electrons. The summed E-state index contributed by atoms with van der Waals surface area (Å²) >= 11 is 0. The number of likely N-dealkylation sites (tertiary alicyclic amines) is 1. The minimum absolute atomic E-state index is 0.0695. The molecule has 1 aromatic carbocycles. The molecular formula is C22H31NO4. The zero-order valence-electron chi connectivity index (χ0n) is 16.7. The molecule has 0 N–H and O–H groups in total. The molecule has 3 aliphatic rings. The summed E-state index contributed by atoms with van der Waals surface area (Å²) in [5.74, 6) is 1.59. The molecule has 2 saturated carbocycles. The Morgan fingerprint density at radius 3 is 2.74 bits per heavy atom. The standard InChI is InChI=1S/C22H31NO4/c1-15-4-7-17(12-19(15)25-2)21(24)23-11-10-22(26-3)9-8-18(13-20(22)23)27-14-16-5-6-16/h4,7,12,16,18,20H,5-6,8-11,13-14H2,1-3H3/t18-,20-,22+/m0/s1. The fourth-order valence-corrected chi connectivity index (χ4v) is 4.73. The van der Waals surface area contributed by atoms with E-state index in [9.17, 15) is 4.79 Å². The highest BCUT2D eigenvalue weighted by atomic mass is 16.5. The molecule has 2 aliphatic carbocycles. The molecule has 3 atom stereocenters. The molecule has 4 rings (SSSR count). The van der Waals surface area contributed by atoms with Crippen LogP contribution in [0.2, 0.25) is 0 Å². The van der Waals surface area contributed by atoms with E-state index in [-0.39, 0.29) is 23.7 Å². The highest BCUT2D eigenvalue weighted by molar-refractivity contribution is 5.95. The van der Waals surface area contributed by atoms with Gasteiger partial charge < -0.3 is 19.1 Å². The van der Waals surface area contributed by atoms with Crippen molar-refractivity contribution in [2.45, 2.75) is 63.2 Å². The quantitative estimate of drug-likeness (QED) is 0.765. The van der Waals surface area contributed by atoms with Crippen LogP contribution in [0.4, 0.5) is 0 Å². The third kappa shape index (κ3) is 3.59. The molecule has 0 aromatic heterocycles. The van der Waals surface area contributed by atoms with Gasteiger partial charge in [-0.2, -0.15) is 0 Å². The summed E-state index contributed by atoms with van der Waals surface area (Å²) in [6, 6.07) is 5.79. The van der Waals surface area contributed by atoms with Crippen LogP contribution in [0.3, 0.4) is 0 Å². The molecule has 1 heterocycles. The molecule has 1 saturated heterocycles. The van der Waals surface area contributed by atoms with Crippen LogP contribution in [-0.4, -0.2) is 55.9 Å². The predicted molar refractivity (Wildman–Crippen MR) is 103 cm³/mol. The van der Waals surface area contributed by atoms with Crippen LogP contribution in [0.1, 0.15) is 54.4 Å². The summed E-state index contributed by atoms with van der Waals surface area (Å²) in [4.78, 5) is 15.3. The number of rotatable bonds is 6. The van der Waals surface area contributed by atoms with Gasteiger partial charge in [-0.1, -0.05) is 6.07 Å². The maximum absolute atomic E-state index is 13.3. The van der Waals surface area contributed by atoms with Gasteiger partial charge in [-0.3, -0.25) is 4.79 Å². The van der Waals surface area contributed by atoms with Crippen molar-refractivity contribution in [3.8, 4) is 5.75 Å². The number of fused-ring (bicyclic) bond motifs is 1. The largest absolute Gasteiger partial charge is 0.496 e. The van der Waals surface area contributed by atoms with Gasteiger partial charge in [-0.25, -0.2) is 0 Å². The molecule has 0 spiro atoms. The molecular weight excluding hydrogens is 342 g/mol.